The molecule has 1 aromatic rings. The average molecular weight is 341 g/mol. The smallest absolute Gasteiger partial charge is 0.249 e. The van der Waals surface area contributed by atoms with E-state index >= 15 is 0 Å². The van der Waals surface area contributed by atoms with Gasteiger partial charge >= 0.3 is 0 Å². The van der Waals surface area contributed by atoms with Crippen LogP contribution in [0.3, 0.4) is 0 Å². The van der Waals surface area contributed by atoms with Crippen molar-refractivity contribution >= 4 is 15.9 Å². The van der Waals surface area contributed by atoms with Crippen molar-refractivity contribution in [2.45, 2.75) is 56.9 Å². The Morgan fingerprint density at radius 1 is 1.13 bits per heavy atom. The molecule has 2 aliphatic rings. The van der Waals surface area contributed by atoms with Gasteiger partial charge in [0.15, 0.2) is 5.76 Å². The summed E-state index contributed by atoms with van der Waals surface area (Å²) in [5.74, 6) is 0.219. The summed E-state index contributed by atoms with van der Waals surface area (Å²) in [6, 6.07) is -0.591. The lowest BCUT2D eigenvalue weighted by Crippen LogP contribution is -2.49. The van der Waals surface area contributed by atoms with Crippen LogP contribution in [0.5, 0.6) is 0 Å². The molecule has 8 heteroatoms. The van der Waals surface area contributed by atoms with Crippen molar-refractivity contribution in [2.75, 3.05) is 19.6 Å². The maximum absolute atomic E-state index is 13.0. The van der Waals surface area contributed by atoms with Crippen LogP contribution in [-0.4, -0.2) is 54.4 Å². The number of likely N-dealkylation sites (tertiary alicyclic amines) is 1. The number of nitrogens with zero attached hydrogens (tertiary/aromatic N) is 3. The molecule has 3 heterocycles. The summed E-state index contributed by atoms with van der Waals surface area (Å²) >= 11 is 0. The van der Waals surface area contributed by atoms with Crippen LogP contribution >= 0.6 is 0 Å². The van der Waals surface area contributed by atoms with Crippen LogP contribution in [0.2, 0.25) is 0 Å². The predicted molar refractivity (Wildman–Crippen MR) is 83.3 cm³/mol. The lowest BCUT2D eigenvalue weighted by Gasteiger charge is -2.32. The Balaban J connectivity index is 1.87. The highest BCUT2D eigenvalue weighted by molar-refractivity contribution is 7.89. The monoisotopic (exact) mass is 341 g/mol. The molecule has 7 nitrogen and oxygen atoms in total. The van der Waals surface area contributed by atoms with E-state index in [0.29, 0.717) is 25.1 Å². The van der Waals surface area contributed by atoms with E-state index in [1.54, 1.807) is 13.8 Å². The van der Waals surface area contributed by atoms with Gasteiger partial charge in [-0.25, -0.2) is 8.42 Å². The Morgan fingerprint density at radius 2 is 1.83 bits per heavy atom. The molecule has 0 unspecified atom stereocenters. The third kappa shape index (κ3) is 2.89. The summed E-state index contributed by atoms with van der Waals surface area (Å²) in [7, 11) is -3.76. The molecule has 2 saturated heterocycles. The highest BCUT2D eigenvalue weighted by Crippen LogP contribution is 2.31. The maximum Gasteiger partial charge on any atom is 0.249 e. The Kier molecular flexibility index (Phi) is 4.46. The Morgan fingerprint density at radius 3 is 2.43 bits per heavy atom. The number of aromatic nitrogens is 1. The first-order valence-electron chi connectivity index (χ1n) is 8.16. The highest BCUT2D eigenvalue weighted by atomic mass is 32.2. The largest absolute Gasteiger partial charge is 0.360 e. The summed E-state index contributed by atoms with van der Waals surface area (Å²) in [6.45, 7) is 5.03. The molecule has 23 heavy (non-hydrogen) atoms. The number of hydrogen-bond donors (Lipinski definition) is 0. The van der Waals surface area contributed by atoms with Crippen molar-refractivity contribution in [3.05, 3.63) is 11.5 Å². The van der Waals surface area contributed by atoms with Crippen molar-refractivity contribution in [3.8, 4) is 0 Å². The molecule has 1 amide bonds. The molecule has 1 aromatic heterocycles. The van der Waals surface area contributed by atoms with Crippen molar-refractivity contribution in [2.24, 2.45) is 0 Å². The van der Waals surface area contributed by atoms with Gasteiger partial charge in [-0.05, 0) is 46.0 Å². The first-order valence-corrected chi connectivity index (χ1v) is 9.60. The molecule has 0 aliphatic carbocycles. The summed E-state index contributed by atoms with van der Waals surface area (Å²) in [6.07, 6.45) is 4.41. The summed E-state index contributed by atoms with van der Waals surface area (Å²) in [4.78, 5) is 14.7. The molecule has 128 valence electrons. The molecule has 0 spiro atoms. The number of piperidine rings is 1. The second kappa shape index (κ2) is 6.24. The van der Waals surface area contributed by atoms with Gasteiger partial charge in [0, 0.05) is 19.6 Å². The average Bonchev–Trinajstić information content (AvgIpc) is 3.15. The lowest BCUT2D eigenvalue weighted by molar-refractivity contribution is -0.135. The molecule has 2 aliphatic heterocycles. The van der Waals surface area contributed by atoms with Gasteiger partial charge in [0.1, 0.15) is 16.6 Å². The van der Waals surface area contributed by atoms with E-state index < -0.39 is 16.1 Å². The van der Waals surface area contributed by atoms with E-state index in [1.165, 1.54) is 4.31 Å². The van der Waals surface area contributed by atoms with Crippen LogP contribution < -0.4 is 0 Å². The number of hydrogen-bond acceptors (Lipinski definition) is 5. The maximum atomic E-state index is 13.0. The molecule has 0 N–H and O–H groups in total. The van der Waals surface area contributed by atoms with Gasteiger partial charge in [-0.1, -0.05) is 5.16 Å². The molecule has 0 aromatic carbocycles. The van der Waals surface area contributed by atoms with Crippen LogP contribution in [0.1, 0.15) is 43.6 Å². The lowest BCUT2D eigenvalue weighted by atomic mass is 10.1. The summed E-state index contributed by atoms with van der Waals surface area (Å²) in [5, 5.41) is 3.74. The van der Waals surface area contributed by atoms with E-state index in [0.717, 1.165) is 32.4 Å². The van der Waals surface area contributed by atoms with Crippen molar-refractivity contribution in [1.29, 1.82) is 0 Å². The molecular formula is C15H23N3O4S. The van der Waals surface area contributed by atoms with E-state index in [1.807, 2.05) is 4.90 Å². The van der Waals surface area contributed by atoms with Crippen molar-refractivity contribution in [1.82, 2.24) is 14.4 Å². The number of carbonyl (C=O) groups excluding carboxylic acids is 1. The normalized spacial score (nSPS) is 23.4. The zero-order chi connectivity index (χ0) is 16.6. The fourth-order valence-electron chi connectivity index (χ4n) is 3.56. The van der Waals surface area contributed by atoms with Crippen LogP contribution in [0, 0.1) is 13.8 Å². The number of sulfonamides is 1. The van der Waals surface area contributed by atoms with Crippen LogP contribution in [0.25, 0.3) is 0 Å². The number of aryl methyl sites for hydroxylation is 2. The van der Waals surface area contributed by atoms with Crippen molar-refractivity contribution in [3.63, 3.8) is 0 Å². The minimum atomic E-state index is -3.76. The van der Waals surface area contributed by atoms with Gasteiger partial charge in [-0.15, -0.1) is 0 Å². The fraction of sp³-hybridized carbons (Fsp3) is 0.733. The number of amides is 1. The fourth-order valence-corrected chi connectivity index (χ4v) is 5.51. The van der Waals surface area contributed by atoms with Gasteiger partial charge in [-0.2, -0.15) is 4.31 Å². The van der Waals surface area contributed by atoms with E-state index in [9.17, 15) is 13.2 Å². The molecule has 0 bridgehead atoms. The number of carbonyl (C=O) groups is 1. The topological polar surface area (TPSA) is 83.7 Å². The predicted octanol–water partition coefficient (Wildman–Crippen LogP) is 1.46. The number of rotatable bonds is 3. The summed E-state index contributed by atoms with van der Waals surface area (Å²) < 4.78 is 32.3. The van der Waals surface area contributed by atoms with Crippen molar-refractivity contribution < 1.29 is 17.7 Å². The van der Waals surface area contributed by atoms with Crippen LogP contribution in [-0.2, 0) is 14.8 Å². The van der Waals surface area contributed by atoms with Gasteiger partial charge in [0.25, 0.3) is 0 Å². The van der Waals surface area contributed by atoms with Crippen LogP contribution in [0.4, 0.5) is 0 Å². The van der Waals surface area contributed by atoms with E-state index in [2.05, 4.69) is 5.16 Å². The van der Waals surface area contributed by atoms with Gasteiger partial charge in [-0.3, -0.25) is 4.79 Å². The third-order valence-corrected chi connectivity index (χ3v) is 6.84. The molecule has 0 radical (unpaired) electrons. The van der Waals surface area contributed by atoms with Gasteiger partial charge < -0.3 is 9.42 Å². The summed E-state index contributed by atoms with van der Waals surface area (Å²) in [5.41, 5.74) is 0.346. The van der Waals surface area contributed by atoms with Gasteiger partial charge in [0.2, 0.25) is 15.9 Å². The zero-order valence-corrected chi connectivity index (χ0v) is 14.4. The Hall–Kier alpha value is -1.41. The molecule has 2 fully saturated rings. The van der Waals surface area contributed by atoms with Crippen LogP contribution in [0.15, 0.2) is 9.42 Å². The molecule has 0 saturated carbocycles. The molecular weight excluding hydrogens is 318 g/mol. The van der Waals surface area contributed by atoms with E-state index in [-0.39, 0.29) is 16.6 Å². The highest BCUT2D eigenvalue weighted by Gasteiger charge is 2.43. The van der Waals surface area contributed by atoms with Gasteiger partial charge in [0.05, 0.1) is 0 Å². The standard InChI is InChI=1S/C15H23N3O4S/c1-11-14(12(2)22-16-11)23(20,21)18-10-6-7-13(18)15(19)17-8-4-3-5-9-17/h13H,3-10H2,1-2H3/t13-/m0/s1. The minimum absolute atomic E-state index is 0.0578. The third-order valence-electron chi connectivity index (χ3n) is 4.69. The zero-order valence-electron chi connectivity index (χ0n) is 13.6. The second-order valence-electron chi connectivity index (χ2n) is 6.31. The second-order valence-corrected chi connectivity index (χ2v) is 8.14. The Bertz CT molecular complexity index is 672. The first-order chi connectivity index (χ1) is 10.9. The first kappa shape index (κ1) is 16.4. The SMILES string of the molecule is Cc1noc(C)c1S(=O)(=O)N1CCC[C@H]1C(=O)N1CCCCC1. The minimum Gasteiger partial charge on any atom is -0.360 e. The quantitative estimate of drug-likeness (QED) is 0.831. The Labute approximate surface area is 136 Å². The molecule has 3 rings (SSSR count). The van der Waals surface area contributed by atoms with E-state index in [4.69, 9.17) is 4.52 Å². The molecule has 1 atom stereocenters.